The van der Waals surface area contributed by atoms with Gasteiger partial charge in [-0.2, -0.15) is 13.2 Å². The zero-order valence-electron chi connectivity index (χ0n) is 18.8. The van der Waals surface area contributed by atoms with Gasteiger partial charge in [-0.3, -0.25) is 4.79 Å². The fraction of sp³-hybridized carbons (Fsp3) is 0.115. The lowest BCUT2D eigenvalue weighted by atomic mass is 10.0. The van der Waals surface area contributed by atoms with Crippen LogP contribution < -0.4 is 10.9 Å². The summed E-state index contributed by atoms with van der Waals surface area (Å²) in [7, 11) is 1.58. The number of hydrogen-bond donors (Lipinski definition) is 3. The third-order valence-corrected chi connectivity index (χ3v) is 6.07. The van der Waals surface area contributed by atoms with Gasteiger partial charge in [0.1, 0.15) is 11.5 Å². The lowest BCUT2D eigenvalue weighted by molar-refractivity contribution is -0.137. The Balaban J connectivity index is 1.84. The molecule has 0 spiro atoms. The summed E-state index contributed by atoms with van der Waals surface area (Å²) in [6, 6.07) is 15.0. The van der Waals surface area contributed by atoms with E-state index in [-0.39, 0.29) is 34.3 Å². The Morgan fingerprint density at radius 1 is 1.11 bits per heavy atom. The first-order valence-electron chi connectivity index (χ1n) is 10.9. The fourth-order valence-electron chi connectivity index (χ4n) is 4.48. The fourth-order valence-corrected chi connectivity index (χ4v) is 4.48. The Labute approximate surface area is 201 Å². The predicted octanol–water partition coefficient (Wildman–Crippen LogP) is 5.35. The molecule has 2 aromatic carbocycles. The van der Waals surface area contributed by atoms with Crippen LogP contribution in [0.5, 0.6) is 0 Å². The van der Waals surface area contributed by atoms with Crippen LogP contribution in [0.1, 0.15) is 21.6 Å². The Hall–Kier alpha value is -4.60. The molecule has 182 valence electrons. The zero-order chi connectivity index (χ0) is 25.6. The lowest BCUT2D eigenvalue weighted by Gasteiger charge is -2.11. The van der Waals surface area contributed by atoms with Crippen molar-refractivity contribution < 1.29 is 23.1 Å². The van der Waals surface area contributed by atoms with Gasteiger partial charge in [-0.15, -0.1) is 0 Å². The lowest BCUT2D eigenvalue weighted by Crippen LogP contribution is -2.18. The number of anilines is 1. The van der Waals surface area contributed by atoms with Crippen molar-refractivity contribution in [1.82, 2.24) is 14.5 Å². The minimum Gasteiger partial charge on any atom is -0.477 e. The van der Waals surface area contributed by atoms with Crippen molar-refractivity contribution in [1.29, 1.82) is 0 Å². The summed E-state index contributed by atoms with van der Waals surface area (Å²) in [5, 5.41) is 13.9. The summed E-state index contributed by atoms with van der Waals surface area (Å²) in [6.07, 6.45) is -3.14. The highest BCUT2D eigenvalue weighted by Crippen LogP contribution is 2.41. The van der Waals surface area contributed by atoms with Crippen molar-refractivity contribution >= 4 is 33.6 Å². The third-order valence-electron chi connectivity index (χ3n) is 6.07. The zero-order valence-corrected chi connectivity index (χ0v) is 18.8. The van der Waals surface area contributed by atoms with E-state index in [1.54, 1.807) is 49.5 Å². The molecular formula is C26H19F3N4O3. The van der Waals surface area contributed by atoms with Crippen molar-refractivity contribution in [3.05, 3.63) is 94.0 Å². The van der Waals surface area contributed by atoms with Crippen molar-refractivity contribution in [2.24, 2.45) is 0 Å². The molecule has 0 atom stereocenters. The van der Waals surface area contributed by atoms with Crippen LogP contribution >= 0.6 is 0 Å². The molecule has 5 rings (SSSR count). The number of pyridine rings is 2. The number of aromatic nitrogens is 3. The number of benzene rings is 2. The normalized spacial score (nSPS) is 11.8. The summed E-state index contributed by atoms with van der Waals surface area (Å²) < 4.78 is 42.2. The van der Waals surface area contributed by atoms with Crippen LogP contribution in [0.15, 0.2) is 71.7 Å². The molecule has 0 fully saturated rings. The quantitative estimate of drug-likeness (QED) is 0.307. The summed E-state index contributed by atoms with van der Waals surface area (Å²) in [5.74, 6) is -1.04. The summed E-state index contributed by atoms with van der Waals surface area (Å²) in [5.41, 5.74) is -0.0472. The smallest absolute Gasteiger partial charge is 0.416 e. The highest BCUT2D eigenvalue weighted by Gasteiger charge is 2.33. The topological polar surface area (TPSA) is 100 Å². The Bertz CT molecular complexity index is 1700. The monoisotopic (exact) mass is 492 g/mol. The number of hydrogen-bond acceptors (Lipinski definition) is 4. The summed E-state index contributed by atoms with van der Waals surface area (Å²) in [6.45, 7) is -0.168. The van der Waals surface area contributed by atoms with E-state index in [1.807, 2.05) is 0 Å². The molecule has 3 aromatic heterocycles. The van der Waals surface area contributed by atoms with Gasteiger partial charge >= 0.3 is 12.1 Å². The standard InChI is InChI=1S/C26H19F3N4O3/c1-30-23-17(6-4-10-31-23)21-18-12-16(26(27,28)29)8-9-20(18)33(22(21)25(35)36)13-15-11-14-5-2-3-7-19(14)32-24(15)34/h2-12H,13H2,1H3,(H,30,31)(H,32,34)(H,35,36). The number of carboxylic acids is 1. The molecule has 0 unspecified atom stereocenters. The molecule has 0 aliphatic heterocycles. The average molecular weight is 492 g/mol. The largest absolute Gasteiger partial charge is 0.477 e. The van der Waals surface area contributed by atoms with E-state index in [0.29, 0.717) is 16.9 Å². The minimum absolute atomic E-state index is 0.0817. The Kier molecular flexibility index (Phi) is 5.51. The van der Waals surface area contributed by atoms with E-state index >= 15 is 0 Å². The van der Waals surface area contributed by atoms with Gasteiger partial charge in [-0.05, 0) is 47.9 Å². The van der Waals surface area contributed by atoms with Crippen LogP contribution in [0.4, 0.5) is 19.0 Å². The van der Waals surface area contributed by atoms with Crippen LogP contribution in [0.25, 0.3) is 32.9 Å². The van der Waals surface area contributed by atoms with Crippen molar-refractivity contribution in [2.75, 3.05) is 12.4 Å². The number of para-hydroxylation sites is 1. The first-order chi connectivity index (χ1) is 17.2. The summed E-state index contributed by atoms with van der Waals surface area (Å²) in [4.78, 5) is 32.4. The number of alkyl halides is 3. The van der Waals surface area contributed by atoms with Crippen LogP contribution in [0.3, 0.4) is 0 Å². The van der Waals surface area contributed by atoms with Gasteiger partial charge < -0.3 is 20.0 Å². The highest BCUT2D eigenvalue weighted by atomic mass is 19.4. The molecular weight excluding hydrogens is 473 g/mol. The van der Waals surface area contributed by atoms with E-state index in [9.17, 15) is 27.9 Å². The van der Waals surface area contributed by atoms with Gasteiger partial charge in [0, 0.05) is 46.4 Å². The molecule has 0 amide bonds. The predicted molar refractivity (Wildman–Crippen MR) is 130 cm³/mol. The number of carboxylic acid groups (broad SMARTS) is 1. The van der Waals surface area contributed by atoms with Gasteiger partial charge in [-0.25, -0.2) is 9.78 Å². The molecule has 10 heteroatoms. The second-order valence-corrected chi connectivity index (χ2v) is 8.21. The van der Waals surface area contributed by atoms with Crippen molar-refractivity contribution in [3.63, 3.8) is 0 Å². The number of H-pyrrole nitrogens is 1. The maximum Gasteiger partial charge on any atom is 0.416 e. The number of aromatic amines is 1. The molecule has 5 aromatic rings. The molecule has 36 heavy (non-hydrogen) atoms. The molecule has 7 nitrogen and oxygen atoms in total. The van der Waals surface area contributed by atoms with E-state index in [4.69, 9.17) is 0 Å². The average Bonchev–Trinajstić information content (AvgIpc) is 3.17. The SMILES string of the molecule is CNc1ncccc1-c1c(C(=O)O)n(Cc2cc3ccccc3[nH]c2=O)c2ccc(C(F)(F)F)cc12. The Morgan fingerprint density at radius 2 is 1.89 bits per heavy atom. The van der Waals surface area contributed by atoms with Crippen molar-refractivity contribution in [2.45, 2.75) is 12.7 Å². The number of aromatic carboxylic acids is 1. The first kappa shape index (κ1) is 23.2. The molecule has 0 aliphatic carbocycles. The van der Waals surface area contributed by atoms with Gasteiger partial charge in [0.2, 0.25) is 0 Å². The van der Waals surface area contributed by atoms with E-state index in [1.165, 1.54) is 16.8 Å². The Morgan fingerprint density at radius 3 is 2.61 bits per heavy atom. The minimum atomic E-state index is -4.63. The molecule has 0 saturated heterocycles. The number of nitrogens with one attached hydrogen (secondary N) is 2. The first-order valence-corrected chi connectivity index (χ1v) is 10.9. The van der Waals surface area contributed by atoms with Crippen LogP contribution in [-0.2, 0) is 12.7 Å². The van der Waals surface area contributed by atoms with Crippen LogP contribution in [0.2, 0.25) is 0 Å². The maximum atomic E-state index is 13.6. The summed E-state index contributed by atoms with van der Waals surface area (Å²) >= 11 is 0. The second kappa shape index (κ2) is 8.56. The molecule has 0 bridgehead atoms. The van der Waals surface area contributed by atoms with Gasteiger partial charge in [-0.1, -0.05) is 18.2 Å². The van der Waals surface area contributed by atoms with E-state index in [0.717, 1.165) is 17.5 Å². The third kappa shape index (κ3) is 3.86. The number of halogens is 3. The van der Waals surface area contributed by atoms with Gasteiger partial charge in [0.15, 0.2) is 0 Å². The van der Waals surface area contributed by atoms with Gasteiger partial charge in [0.25, 0.3) is 5.56 Å². The van der Waals surface area contributed by atoms with Crippen molar-refractivity contribution in [3.8, 4) is 11.1 Å². The molecule has 0 radical (unpaired) electrons. The molecule has 3 heterocycles. The number of fused-ring (bicyclic) bond motifs is 2. The van der Waals surface area contributed by atoms with E-state index < -0.39 is 23.3 Å². The molecule has 0 saturated carbocycles. The highest BCUT2D eigenvalue weighted by molar-refractivity contribution is 6.10. The van der Waals surface area contributed by atoms with Crippen LogP contribution in [-0.4, -0.2) is 32.7 Å². The molecule has 3 N–H and O–H groups in total. The van der Waals surface area contributed by atoms with E-state index in [2.05, 4.69) is 15.3 Å². The van der Waals surface area contributed by atoms with Crippen LogP contribution in [0, 0.1) is 0 Å². The number of nitrogens with zero attached hydrogens (tertiary/aromatic N) is 2. The maximum absolute atomic E-state index is 13.6. The van der Waals surface area contributed by atoms with Gasteiger partial charge in [0.05, 0.1) is 12.1 Å². The second-order valence-electron chi connectivity index (χ2n) is 8.21. The number of rotatable bonds is 5. The number of carbonyl (C=O) groups is 1. The molecule has 0 aliphatic rings.